The normalized spacial score (nSPS) is 18.8. The summed E-state index contributed by atoms with van der Waals surface area (Å²) in [6.07, 6.45) is 7.39. The van der Waals surface area contributed by atoms with Gasteiger partial charge in [-0.25, -0.2) is 0 Å². The van der Waals surface area contributed by atoms with Gasteiger partial charge in [-0.3, -0.25) is 0 Å². The van der Waals surface area contributed by atoms with E-state index in [1.807, 2.05) is 16.8 Å². The molecule has 1 aromatic rings. The molecule has 2 heterocycles. The predicted molar refractivity (Wildman–Crippen MR) is 76.8 cm³/mol. The molecule has 0 unspecified atom stereocenters. The third kappa shape index (κ3) is 4.10. The van der Waals surface area contributed by atoms with Crippen LogP contribution in [0.2, 0.25) is 0 Å². The first-order valence-electron chi connectivity index (χ1n) is 6.86. The van der Waals surface area contributed by atoms with Crippen LogP contribution >= 0.6 is 11.3 Å². The van der Waals surface area contributed by atoms with Crippen molar-refractivity contribution in [3.8, 4) is 0 Å². The first-order chi connectivity index (χ1) is 8.90. The molecule has 0 atom stereocenters. The van der Waals surface area contributed by atoms with Gasteiger partial charge in [-0.1, -0.05) is 18.0 Å². The number of rotatable bonds is 5. The molecule has 1 aliphatic rings. The second kappa shape index (κ2) is 7.54. The van der Waals surface area contributed by atoms with E-state index in [4.69, 9.17) is 5.21 Å². The summed E-state index contributed by atoms with van der Waals surface area (Å²) in [5, 5.41) is 16.6. The first-order valence-corrected chi connectivity index (χ1v) is 7.80. The summed E-state index contributed by atoms with van der Waals surface area (Å²) >= 11 is 1.65. The molecule has 3 nitrogen and oxygen atoms in total. The van der Waals surface area contributed by atoms with Gasteiger partial charge in [-0.2, -0.15) is 11.3 Å². The minimum Gasteiger partial charge on any atom is -0.411 e. The SMILES string of the molecule is O/N=C(/CCCN1CCCCCC1)c1ccsc1. The van der Waals surface area contributed by atoms with Crippen molar-refractivity contribution in [3.05, 3.63) is 22.4 Å². The fraction of sp³-hybridized carbons (Fsp3) is 0.643. The van der Waals surface area contributed by atoms with Crippen molar-refractivity contribution in [3.63, 3.8) is 0 Å². The first kappa shape index (κ1) is 13.6. The average molecular weight is 266 g/mol. The lowest BCUT2D eigenvalue weighted by Crippen LogP contribution is -2.26. The van der Waals surface area contributed by atoms with Crippen LogP contribution in [0, 0.1) is 0 Å². The van der Waals surface area contributed by atoms with Gasteiger partial charge in [0.15, 0.2) is 0 Å². The molecule has 0 bridgehead atoms. The quantitative estimate of drug-likeness (QED) is 0.502. The van der Waals surface area contributed by atoms with Crippen LogP contribution in [0.4, 0.5) is 0 Å². The Labute approximate surface area is 113 Å². The highest BCUT2D eigenvalue weighted by Crippen LogP contribution is 2.13. The van der Waals surface area contributed by atoms with E-state index in [1.54, 1.807) is 11.3 Å². The van der Waals surface area contributed by atoms with Crippen LogP contribution in [0.25, 0.3) is 0 Å². The number of hydrogen-bond donors (Lipinski definition) is 1. The Morgan fingerprint density at radius 2 is 2.06 bits per heavy atom. The summed E-state index contributed by atoms with van der Waals surface area (Å²) in [6, 6.07) is 2.02. The van der Waals surface area contributed by atoms with Crippen LogP contribution in [0.15, 0.2) is 22.0 Å². The lowest BCUT2D eigenvalue weighted by molar-refractivity contribution is 0.282. The van der Waals surface area contributed by atoms with Gasteiger partial charge in [0.25, 0.3) is 0 Å². The van der Waals surface area contributed by atoms with Crippen LogP contribution < -0.4 is 0 Å². The molecular formula is C14H22N2OS. The maximum Gasteiger partial charge on any atom is 0.0876 e. The largest absolute Gasteiger partial charge is 0.411 e. The van der Waals surface area contributed by atoms with E-state index in [9.17, 15) is 0 Å². The molecule has 1 fully saturated rings. The topological polar surface area (TPSA) is 35.8 Å². The van der Waals surface area contributed by atoms with Crippen molar-refractivity contribution in [1.29, 1.82) is 0 Å². The number of oxime groups is 1. The van der Waals surface area contributed by atoms with Crippen molar-refractivity contribution in [2.24, 2.45) is 5.16 Å². The molecule has 1 aromatic heterocycles. The number of likely N-dealkylation sites (tertiary alicyclic amines) is 1. The molecule has 1 saturated heterocycles. The highest BCUT2D eigenvalue weighted by molar-refractivity contribution is 7.08. The van der Waals surface area contributed by atoms with Gasteiger partial charge in [-0.15, -0.1) is 0 Å². The monoisotopic (exact) mass is 266 g/mol. The molecule has 1 N–H and O–H groups in total. The van der Waals surface area contributed by atoms with E-state index in [2.05, 4.69) is 10.1 Å². The van der Waals surface area contributed by atoms with Gasteiger partial charge in [-0.05, 0) is 62.1 Å². The summed E-state index contributed by atoms with van der Waals surface area (Å²) in [6.45, 7) is 3.61. The molecule has 0 aromatic carbocycles. The highest BCUT2D eigenvalue weighted by Gasteiger charge is 2.10. The van der Waals surface area contributed by atoms with Gasteiger partial charge in [0.05, 0.1) is 5.71 Å². The Bertz CT molecular complexity index is 354. The zero-order chi connectivity index (χ0) is 12.6. The molecule has 100 valence electrons. The molecule has 4 heteroatoms. The van der Waals surface area contributed by atoms with Crippen LogP contribution in [-0.4, -0.2) is 35.5 Å². The van der Waals surface area contributed by atoms with Crippen LogP contribution in [0.3, 0.4) is 0 Å². The molecular weight excluding hydrogens is 244 g/mol. The Hall–Kier alpha value is -0.870. The van der Waals surface area contributed by atoms with Gasteiger partial charge < -0.3 is 10.1 Å². The van der Waals surface area contributed by atoms with Gasteiger partial charge in [0, 0.05) is 5.56 Å². The molecule has 18 heavy (non-hydrogen) atoms. The third-order valence-electron chi connectivity index (χ3n) is 3.56. The summed E-state index contributed by atoms with van der Waals surface area (Å²) in [7, 11) is 0. The zero-order valence-electron chi connectivity index (χ0n) is 10.8. The summed E-state index contributed by atoms with van der Waals surface area (Å²) in [5.74, 6) is 0. The molecule has 0 radical (unpaired) electrons. The molecule has 0 amide bonds. The van der Waals surface area contributed by atoms with E-state index >= 15 is 0 Å². The van der Waals surface area contributed by atoms with Crippen molar-refractivity contribution in [1.82, 2.24) is 4.90 Å². The minimum absolute atomic E-state index is 0.825. The number of nitrogens with zero attached hydrogens (tertiary/aromatic N) is 2. The number of hydrogen-bond acceptors (Lipinski definition) is 4. The Kier molecular flexibility index (Phi) is 5.68. The van der Waals surface area contributed by atoms with E-state index < -0.39 is 0 Å². The van der Waals surface area contributed by atoms with Crippen LogP contribution in [0.5, 0.6) is 0 Å². The van der Waals surface area contributed by atoms with Crippen LogP contribution in [0.1, 0.15) is 44.1 Å². The summed E-state index contributed by atoms with van der Waals surface area (Å²) in [5.41, 5.74) is 1.89. The van der Waals surface area contributed by atoms with Gasteiger partial charge >= 0.3 is 0 Å². The van der Waals surface area contributed by atoms with Crippen molar-refractivity contribution in [2.75, 3.05) is 19.6 Å². The average Bonchev–Trinajstić information content (AvgIpc) is 2.79. The third-order valence-corrected chi connectivity index (χ3v) is 4.24. The van der Waals surface area contributed by atoms with Crippen molar-refractivity contribution >= 4 is 17.0 Å². The van der Waals surface area contributed by atoms with Crippen molar-refractivity contribution in [2.45, 2.75) is 38.5 Å². The van der Waals surface area contributed by atoms with E-state index in [0.29, 0.717) is 0 Å². The number of thiophene rings is 1. The maximum atomic E-state index is 9.06. The second-order valence-electron chi connectivity index (χ2n) is 4.92. The van der Waals surface area contributed by atoms with Gasteiger partial charge in [0.1, 0.15) is 0 Å². The Morgan fingerprint density at radius 1 is 1.28 bits per heavy atom. The Morgan fingerprint density at radius 3 is 2.67 bits per heavy atom. The van der Waals surface area contributed by atoms with E-state index in [1.165, 1.54) is 38.8 Å². The predicted octanol–water partition coefficient (Wildman–Crippen LogP) is 3.58. The summed E-state index contributed by atoms with van der Waals surface area (Å²) < 4.78 is 0. The lowest BCUT2D eigenvalue weighted by atomic mass is 10.1. The lowest BCUT2D eigenvalue weighted by Gasteiger charge is -2.19. The fourth-order valence-electron chi connectivity index (χ4n) is 2.51. The molecule has 0 saturated carbocycles. The molecule has 2 rings (SSSR count). The van der Waals surface area contributed by atoms with Crippen LogP contribution in [-0.2, 0) is 0 Å². The fourth-order valence-corrected chi connectivity index (χ4v) is 3.18. The Balaban J connectivity index is 1.73. The van der Waals surface area contributed by atoms with Gasteiger partial charge in [0.2, 0.25) is 0 Å². The smallest absolute Gasteiger partial charge is 0.0876 e. The maximum absolute atomic E-state index is 9.06. The minimum atomic E-state index is 0.825. The molecule has 1 aliphatic heterocycles. The summed E-state index contributed by atoms with van der Waals surface area (Å²) in [4.78, 5) is 2.55. The molecule has 0 spiro atoms. The van der Waals surface area contributed by atoms with E-state index in [0.717, 1.165) is 30.7 Å². The molecule has 0 aliphatic carbocycles. The van der Waals surface area contributed by atoms with E-state index in [-0.39, 0.29) is 0 Å². The van der Waals surface area contributed by atoms with Crippen molar-refractivity contribution < 1.29 is 5.21 Å². The second-order valence-corrected chi connectivity index (χ2v) is 5.70. The zero-order valence-corrected chi connectivity index (χ0v) is 11.7. The standard InChI is InChI=1S/C14H22N2OS/c17-15-14(13-7-11-18-12-13)6-5-10-16-8-3-1-2-4-9-16/h7,11-12,17H,1-6,8-10H2/b15-14-. The highest BCUT2D eigenvalue weighted by atomic mass is 32.1.